The van der Waals surface area contributed by atoms with Gasteiger partial charge in [-0.2, -0.15) is 0 Å². The number of carbonyl (C=O) groups is 1. The summed E-state index contributed by atoms with van der Waals surface area (Å²) in [6.07, 6.45) is 0. The lowest BCUT2D eigenvalue weighted by Crippen LogP contribution is -2.47. The van der Waals surface area contributed by atoms with Crippen LogP contribution < -0.4 is 16.2 Å². The maximum Gasteiger partial charge on any atom is 0.281 e. The lowest BCUT2D eigenvalue weighted by molar-refractivity contribution is 0.0948. The standard InChI is InChI=1S/C18H16ClN3OS3/c19-15-13-8-4-5-9-14(13)26-16(15)17(23)21-22-18(24)20-10-11-25-12-6-2-1-3-7-12/h1-9H,10-11H2,(H,21,23)(H2,20,22,24). The summed E-state index contributed by atoms with van der Waals surface area (Å²) >= 11 is 14.6. The van der Waals surface area contributed by atoms with Crippen molar-refractivity contribution in [2.45, 2.75) is 4.90 Å². The van der Waals surface area contributed by atoms with Crippen molar-refractivity contribution in [1.82, 2.24) is 16.2 Å². The number of thiophene rings is 1. The van der Waals surface area contributed by atoms with Gasteiger partial charge in [-0.1, -0.05) is 48.0 Å². The van der Waals surface area contributed by atoms with Gasteiger partial charge in [0, 0.05) is 27.3 Å². The molecule has 1 amide bonds. The number of fused-ring (bicyclic) bond motifs is 1. The third-order valence-corrected chi connectivity index (χ3v) is 6.36. The molecule has 3 rings (SSSR count). The van der Waals surface area contributed by atoms with Gasteiger partial charge in [0.05, 0.1) is 5.02 Å². The number of hydrogen-bond donors (Lipinski definition) is 3. The first-order valence-electron chi connectivity index (χ1n) is 7.84. The summed E-state index contributed by atoms with van der Waals surface area (Å²) in [6.45, 7) is 0.685. The molecule has 26 heavy (non-hydrogen) atoms. The summed E-state index contributed by atoms with van der Waals surface area (Å²) in [5.74, 6) is 0.557. The third-order valence-electron chi connectivity index (χ3n) is 3.43. The van der Waals surface area contributed by atoms with Gasteiger partial charge in [0.1, 0.15) is 4.88 Å². The smallest absolute Gasteiger partial charge is 0.281 e. The predicted molar refractivity (Wildman–Crippen MR) is 115 cm³/mol. The molecule has 0 bridgehead atoms. The average Bonchev–Trinajstić information content (AvgIpc) is 3.01. The van der Waals surface area contributed by atoms with Crippen LogP contribution in [0.5, 0.6) is 0 Å². The van der Waals surface area contributed by atoms with E-state index in [-0.39, 0.29) is 5.91 Å². The van der Waals surface area contributed by atoms with Crippen LogP contribution >= 0.6 is 46.9 Å². The Morgan fingerprint density at radius 1 is 1.08 bits per heavy atom. The fourth-order valence-corrected chi connectivity index (χ4v) is 4.58. The highest BCUT2D eigenvalue weighted by Gasteiger charge is 2.16. The van der Waals surface area contributed by atoms with E-state index in [1.165, 1.54) is 16.2 Å². The van der Waals surface area contributed by atoms with E-state index in [2.05, 4.69) is 28.3 Å². The number of carbonyl (C=O) groups excluding carboxylic acids is 1. The van der Waals surface area contributed by atoms with Crippen LogP contribution in [0, 0.1) is 0 Å². The Morgan fingerprint density at radius 2 is 1.81 bits per heavy atom. The molecule has 2 aromatic carbocycles. The molecule has 134 valence electrons. The van der Waals surface area contributed by atoms with Crippen molar-refractivity contribution in [1.29, 1.82) is 0 Å². The van der Waals surface area contributed by atoms with Crippen molar-refractivity contribution in [2.75, 3.05) is 12.3 Å². The van der Waals surface area contributed by atoms with Gasteiger partial charge in [-0.25, -0.2) is 0 Å². The van der Waals surface area contributed by atoms with Crippen molar-refractivity contribution < 1.29 is 4.79 Å². The Balaban J connectivity index is 1.43. The van der Waals surface area contributed by atoms with E-state index in [1.54, 1.807) is 11.8 Å². The molecule has 0 radical (unpaired) electrons. The van der Waals surface area contributed by atoms with Crippen molar-refractivity contribution in [3.63, 3.8) is 0 Å². The van der Waals surface area contributed by atoms with Crippen molar-refractivity contribution in [3.05, 3.63) is 64.5 Å². The number of nitrogens with one attached hydrogen (secondary N) is 3. The Labute approximate surface area is 170 Å². The van der Waals surface area contributed by atoms with Crippen LogP contribution in [-0.4, -0.2) is 23.3 Å². The average molecular weight is 422 g/mol. The Hall–Kier alpha value is -1.80. The van der Waals surface area contributed by atoms with Crippen LogP contribution in [0.4, 0.5) is 0 Å². The number of hydrogen-bond acceptors (Lipinski definition) is 4. The molecule has 0 fully saturated rings. The minimum Gasteiger partial charge on any atom is -0.361 e. The number of thiocarbonyl (C=S) groups is 1. The van der Waals surface area contributed by atoms with Gasteiger partial charge < -0.3 is 5.32 Å². The second-order valence-electron chi connectivity index (χ2n) is 5.24. The SMILES string of the molecule is O=C(NNC(=S)NCCSc1ccccc1)c1sc2ccccc2c1Cl. The lowest BCUT2D eigenvalue weighted by atomic mass is 10.2. The van der Waals surface area contributed by atoms with Gasteiger partial charge in [-0.15, -0.1) is 23.1 Å². The topological polar surface area (TPSA) is 53.2 Å². The van der Waals surface area contributed by atoms with Crippen LogP contribution in [0.3, 0.4) is 0 Å². The summed E-state index contributed by atoms with van der Waals surface area (Å²) in [6, 6.07) is 17.8. The molecule has 1 heterocycles. The molecule has 0 aliphatic heterocycles. The zero-order valence-electron chi connectivity index (χ0n) is 13.6. The zero-order chi connectivity index (χ0) is 18.4. The number of thioether (sulfide) groups is 1. The monoisotopic (exact) mass is 421 g/mol. The molecule has 0 atom stereocenters. The Kier molecular flexibility index (Phi) is 6.73. The van der Waals surface area contributed by atoms with Gasteiger partial charge in [-0.05, 0) is 30.4 Å². The molecule has 0 spiro atoms. The lowest BCUT2D eigenvalue weighted by Gasteiger charge is -2.11. The molecule has 8 heteroatoms. The summed E-state index contributed by atoms with van der Waals surface area (Å²) in [5, 5.41) is 4.76. The first kappa shape index (κ1) is 19.0. The Morgan fingerprint density at radius 3 is 2.58 bits per heavy atom. The van der Waals surface area contributed by atoms with Crippen LogP contribution in [0.2, 0.25) is 5.02 Å². The van der Waals surface area contributed by atoms with Gasteiger partial charge >= 0.3 is 0 Å². The summed E-state index contributed by atoms with van der Waals surface area (Å²) in [7, 11) is 0. The van der Waals surface area contributed by atoms with Crippen molar-refractivity contribution in [2.24, 2.45) is 0 Å². The third kappa shape index (κ3) is 4.88. The second kappa shape index (κ2) is 9.23. The van der Waals surface area contributed by atoms with Crippen molar-refractivity contribution >= 4 is 68.0 Å². The van der Waals surface area contributed by atoms with Crippen LogP contribution in [0.1, 0.15) is 9.67 Å². The highest BCUT2D eigenvalue weighted by atomic mass is 35.5. The van der Waals surface area contributed by atoms with E-state index >= 15 is 0 Å². The molecule has 1 aromatic heterocycles. The minimum absolute atomic E-state index is 0.306. The molecule has 4 nitrogen and oxygen atoms in total. The predicted octanol–water partition coefficient (Wildman–Crippen LogP) is 4.46. The number of amides is 1. The highest BCUT2D eigenvalue weighted by Crippen LogP contribution is 2.34. The van der Waals surface area contributed by atoms with Crippen LogP contribution in [0.15, 0.2) is 59.5 Å². The number of rotatable bonds is 5. The van der Waals surface area contributed by atoms with E-state index in [1.807, 2.05) is 42.5 Å². The maximum atomic E-state index is 12.3. The first-order valence-corrected chi connectivity index (χ1v) is 10.4. The maximum absolute atomic E-state index is 12.3. The molecule has 0 aliphatic rings. The van der Waals surface area contributed by atoms with E-state index in [0.717, 1.165) is 15.8 Å². The van der Waals surface area contributed by atoms with E-state index in [0.29, 0.717) is 21.6 Å². The summed E-state index contributed by atoms with van der Waals surface area (Å²) in [4.78, 5) is 14.0. The van der Waals surface area contributed by atoms with E-state index < -0.39 is 0 Å². The number of halogens is 1. The molecule has 3 aromatic rings. The fraction of sp³-hybridized carbons (Fsp3) is 0.111. The molecule has 0 unspecified atom stereocenters. The van der Waals surface area contributed by atoms with Crippen molar-refractivity contribution in [3.8, 4) is 0 Å². The normalized spacial score (nSPS) is 10.5. The van der Waals surface area contributed by atoms with E-state index in [9.17, 15) is 4.79 Å². The van der Waals surface area contributed by atoms with Gasteiger partial charge in [-0.3, -0.25) is 15.6 Å². The molecule has 0 saturated heterocycles. The minimum atomic E-state index is -0.306. The number of hydrazine groups is 1. The Bertz CT molecular complexity index is 914. The molecule has 0 aliphatic carbocycles. The first-order chi connectivity index (χ1) is 12.6. The molecule has 0 saturated carbocycles. The largest absolute Gasteiger partial charge is 0.361 e. The van der Waals surface area contributed by atoms with Crippen LogP contribution in [-0.2, 0) is 0 Å². The molecular formula is C18H16ClN3OS3. The van der Waals surface area contributed by atoms with Gasteiger partial charge in [0.15, 0.2) is 5.11 Å². The second-order valence-corrected chi connectivity index (χ2v) is 8.24. The number of benzene rings is 2. The highest BCUT2D eigenvalue weighted by molar-refractivity contribution is 7.99. The molecule has 3 N–H and O–H groups in total. The van der Waals surface area contributed by atoms with Crippen LogP contribution in [0.25, 0.3) is 10.1 Å². The van der Waals surface area contributed by atoms with E-state index in [4.69, 9.17) is 23.8 Å². The van der Waals surface area contributed by atoms with Gasteiger partial charge in [0.25, 0.3) is 5.91 Å². The zero-order valence-corrected chi connectivity index (χ0v) is 16.8. The summed E-state index contributed by atoms with van der Waals surface area (Å²) < 4.78 is 0.973. The quantitative estimate of drug-likeness (QED) is 0.246. The summed E-state index contributed by atoms with van der Waals surface area (Å²) in [5.41, 5.74) is 5.30. The van der Waals surface area contributed by atoms with Gasteiger partial charge in [0.2, 0.25) is 0 Å². The molecular weight excluding hydrogens is 406 g/mol. The fourth-order valence-electron chi connectivity index (χ4n) is 2.22.